The van der Waals surface area contributed by atoms with Gasteiger partial charge >= 0.3 is 0 Å². The third kappa shape index (κ3) is 7.11. The Balaban J connectivity index is 0.00000320. The van der Waals surface area contributed by atoms with Crippen LogP contribution in [-0.2, 0) is 11.3 Å². The summed E-state index contributed by atoms with van der Waals surface area (Å²) in [7, 11) is 0. The fourth-order valence-electron chi connectivity index (χ4n) is 4.61. The van der Waals surface area contributed by atoms with Gasteiger partial charge in [-0.1, -0.05) is 37.3 Å². The van der Waals surface area contributed by atoms with Gasteiger partial charge < -0.3 is 15.5 Å². The maximum Gasteiger partial charge on any atom is 0.241 e. The maximum absolute atomic E-state index is 12.0. The monoisotopic (exact) mass is 527 g/mol. The fraction of sp³-hybridized carbons (Fsp3) is 0.652. The van der Waals surface area contributed by atoms with Crippen LogP contribution in [0, 0.1) is 5.92 Å². The van der Waals surface area contributed by atoms with Crippen molar-refractivity contribution in [3.05, 3.63) is 35.9 Å². The van der Waals surface area contributed by atoms with Gasteiger partial charge in [-0.2, -0.15) is 0 Å². The lowest BCUT2D eigenvalue weighted by molar-refractivity contribution is -0.119. The second kappa shape index (κ2) is 13.1. The van der Waals surface area contributed by atoms with Crippen molar-refractivity contribution >= 4 is 35.8 Å². The van der Waals surface area contributed by atoms with Gasteiger partial charge in [0.15, 0.2) is 5.96 Å². The van der Waals surface area contributed by atoms with Crippen LogP contribution < -0.4 is 10.6 Å². The smallest absolute Gasteiger partial charge is 0.241 e. The zero-order valence-corrected chi connectivity index (χ0v) is 20.8. The van der Waals surface area contributed by atoms with Crippen molar-refractivity contribution in [2.24, 2.45) is 10.9 Å². The van der Waals surface area contributed by atoms with Gasteiger partial charge in [0.25, 0.3) is 0 Å². The first kappa shape index (κ1) is 24.9. The van der Waals surface area contributed by atoms with Crippen molar-refractivity contribution in [3.8, 4) is 0 Å². The molecule has 0 bridgehead atoms. The predicted octanol–water partition coefficient (Wildman–Crippen LogP) is 3.08. The molecule has 0 aromatic heterocycles. The Morgan fingerprint density at radius 2 is 1.93 bits per heavy atom. The highest BCUT2D eigenvalue weighted by molar-refractivity contribution is 14.0. The number of carbonyl (C=O) groups excluding carboxylic acids is 1. The minimum absolute atomic E-state index is 0. The summed E-state index contributed by atoms with van der Waals surface area (Å²) in [6, 6.07) is 11.5. The molecule has 2 saturated heterocycles. The zero-order chi connectivity index (χ0) is 20.5. The number of hydrogen-bond donors (Lipinski definition) is 2. The van der Waals surface area contributed by atoms with Crippen LogP contribution in [-0.4, -0.2) is 67.0 Å². The van der Waals surface area contributed by atoms with E-state index in [9.17, 15) is 4.79 Å². The van der Waals surface area contributed by atoms with E-state index >= 15 is 0 Å². The lowest BCUT2D eigenvalue weighted by Crippen LogP contribution is -2.56. The SMILES string of the molecule is CCCNC(=O)CN=C(NCC)N1CCC2C(CCCN2Cc2ccccc2)C1.I. The van der Waals surface area contributed by atoms with Crippen LogP contribution in [0.25, 0.3) is 0 Å². The average molecular weight is 527 g/mol. The Morgan fingerprint density at radius 3 is 2.67 bits per heavy atom. The highest BCUT2D eigenvalue weighted by atomic mass is 127. The van der Waals surface area contributed by atoms with E-state index in [1.165, 1.54) is 24.9 Å². The number of nitrogens with zero attached hydrogens (tertiary/aromatic N) is 3. The van der Waals surface area contributed by atoms with Crippen molar-refractivity contribution in [2.75, 3.05) is 39.3 Å². The Kier molecular flexibility index (Phi) is 10.9. The normalized spacial score (nSPS) is 22.1. The number of amides is 1. The summed E-state index contributed by atoms with van der Waals surface area (Å²) in [5.41, 5.74) is 1.41. The minimum atomic E-state index is 0. The molecule has 1 aromatic carbocycles. The van der Waals surface area contributed by atoms with E-state index in [4.69, 9.17) is 0 Å². The number of carbonyl (C=O) groups is 1. The lowest BCUT2D eigenvalue weighted by Gasteiger charge is -2.48. The van der Waals surface area contributed by atoms with E-state index in [0.29, 0.717) is 12.0 Å². The Bertz CT molecular complexity index is 669. The molecule has 30 heavy (non-hydrogen) atoms. The summed E-state index contributed by atoms with van der Waals surface area (Å²) in [5, 5.41) is 6.30. The number of aliphatic imine (C=N–C) groups is 1. The predicted molar refractivity (Wildman–Crippen MR) is 134 cm³/mol. The van der Waals surface area contributed by atoms with Gasteiger partial charge in [0.1, 0.15) is 6.54 Å². The van der Waals surface area contributed by atoms with Gasteiger partial charge in [-0.05, 0) is 50.6 Å². The quantitative estimate of drug-likeness (QED) is 0.325. The van der Waals surface area contributed by atoms with Gasteiger partial charge in [-0.15, -0.1) is 24.0 Å². The first-order chi connectivity index (χ1) is 14.2. The average Bonchev–Trinajstić information content (AvgIpc) is 2.75. The van der Waals surface area contributed by atoms with Crippen molar-refractivity contribution in [3.63, 3.8) is 0 Å². The number of likely N-dealkylation sites (tertiary alicyclic amines) is 2. The number of halogens is 1. The third-order valence-corrected chi connectivity index (χ3v) is 5.99. The minimum Gasteiger partial charge on any atom is -0.357 e. The number of nitrogens with one attached hydrogen (secondary N) is 2. The second-order valence-electron chi connectivity index (χ2n) is 8.18. The zero-order valence-electron chi connectivity index (χ0n) is 18.5. The van der Waals surface area contributed by atoms with Gasteiger partial charge in [0, 0.05) is 38.8 Å². The summed E-state index contributed by atoms with van der Waals surface area (Å²) in [6.07, 6.45) is 4.64. The van der Waals surface area contributed by atoms with Crippen LogP contribution >= 0.6 is 24.0 Å². The number of benzene rings is 1. The summed E-state index contributed by atoms with van der Waals surface area (Å²) in [5.74, 6) is 1.56. The standard InChI is InChI=1S/C23H37N5O.HI/c1-3-13-25-22(29)16-26-23(24-4-2)28-15-12-21-20(18-28)11-8-14-27(21)17-19-9-6-5-7-10-19;/h5-7,9-10,20-21H,3-4,8,11-18H2,1-2H3,(H,24,26)(H,25,29);1H. The third-order valence-electron chi connectivity index (χ3n) is 5.99. The molecule has 2 N–H and O–H groups in total. The van der Waals surface area contributed by atoms with Crippen LogP contribution in [0.15, 0.2) is 35.3 Å². The van der Waals surface area contributed by atoms with Gasteiger partial charge in [-0.25, -0.2) is 4.99 Å². The molecule has 3 rings (SSSR count). The van der Waals surface area contributed by atoms with Crippen molar-refractivity contribution in [1.29, 1.82) is 0 Å². The molecule has 1 aromatic rings. The van der Waals surface area contributed by atoms with Crippen LogP contribution in [0.1, 0.15) is 45.1 Å². The summed E-state index contributed by atoms with van der Waals surface area (Å²) >= 11 is 0. The van der Waals surface area contributed by atoms with E-state index in [1.54, 1.807) is 0 Å². The van der Waals surface area contributed by atoms with E-state index in [1.807, 2.05) is 0 Å². The summed E-state index contributed by atoms with van der Waals surface area (Å²) in [4.78, 5) is 21.6. The summed E-state index contributed by atoms with van der Waals surface area (Å²) in [6.45, 7) is 10.1. The van der Waals surface area contributed by atoms with Crippen LogP contribution in [0.2, 0.25) is 0 Å². The molecule has 2 fully saturated rings. The van der Waals surface area contributed by atoms with Crippen LogP contribution in [0.5, 0.6) is 0 Å². The molecule has 0 radical (unpaired) electrons. The number of guanidine groups is 1. The maximum atomic E-state index is 12.0. The Hall–Kier alpha value is -1.35. The Morgan fingerprint density at radius 1 is 1.13 bits per heavy atom. The first-order valence-electron chi connectivity index (χ1n) is 11.3. The number of piperidine rings is 2. The van der Waals surface area contributed by atoms with Gasteiger partial charge in [0.05, 0.1) is 0 Å². The first-order valence-corrected chi connectivity index (χ1v) is 11.3. The van der Waals surface area contributed by atoms with Crippen molar-refractivity contribution in [2.45, 2.75) is 52.1 Å². The van der Waals surface area contributed by atoms with Crippen molar-refractivity contribution < 1.29 is 4.79 Å². The number of hydrogen-bond acceptors (Lipinski definition) is 3. The molecular weight excluding hydrogens is 489 g/mol. The molecule has 168 valence electrons. The van der Waals surface area contributed by atoms with E-state index in [0.717, 1.165) is 51.5 Å². The molecule has 0 saturated carbocycles. The van der Waals surface area contributed by atoms with Crippen LogP contribution in [0.4, 0.5) is 0 Å². The highest BCUT2D eigenvalue weighted by Gasteiger charge is 2.36. The van der Waals surface area contributed by atoms with Crippen molar-refractivity contribution in [1.82, 2.24) is 20.4 Å². The molecule has 2 heterocycles. The van der Waals surface area contributed by atoms with Crippen LogP contribution in [0.3, 0.4) is 0 Å². The molecule has 0 aliphatic carbocycles. The van der Waals surface area contributed by atoms with E-state index in [2.05, 4.69) is 69.6 Å². The van der Waals surface area contributed by atoms with Gasteiger partial charge in [-0.3, -0.25) is 9.69 Å². The molecule has 2 atom stereocenters. The number of fused-ring (bicyclic) bond motifs is 1. The molecule has 0 spiro atoms. The topological polar surface area (TPSA) is 60.0 Å². The summed E-state index contributed by atoms with van der Waals surface area (Å²) < 4.78 is 0. The van der Waals surface area contributed by atoms with E-state index in [-0.39, 0.29) is 36.4 Å². The molecule has 2 unspecified atom stereocenters. The lowest BCUT2D eigenvalue weighted by atomic mass is 9.83. The van der Waals surface area contributed by atoms with E-state index < -0.39 is 0 Å². The second-order valence-corrected chi connectivity index (χ2v) is 8.18. The molecule has 2 aliphatic rings. The van der Waals surface area contributed by atoms with Gasteiger partial charge in [0.2, 0.25) is 5.91 Å². The fourth-order valence-corrected chi connectivity index (χ4v) is 4.61. The molecule has 6 nitrogen and oxygen atoms in total. The molecule has 2 aliphatic heterocycles. The molecule has 7 heteroatoms. The Labute approximate surface area is 198 Å². The molecule has 1 amide bonds. The largest absolute Gasteiger partial charge is 0.357 e. The molecular formula is C23H38IN5O. The highest BCUT2D eigenvalue weighted by Crippen LogP contribution is 2.31. The number of rotatable bonds is 7.